The van der Waals surface area contributed by atoms with Gasteiger partial charge in [0.1, 0.15) is 11.3 Å². The van der Waals surface area contributed by atoms with Crippen molar-refractivity contribution < 1.29 is 24.2 Å². The average molecular weight is 325 g/mol. The first kappa shape index (κ1) is 16.0. The van der Waals surface area contributed by atoms with Crippen molar-refractivity contribution in [2.45, 2.75) is 0 Å². The highest BCUT2D eigenvalue weighted by Gasteiger charge is 2.31. The van der Waals surface area contributed by atoms with E-state index in [4.69, 9.17) is 16.7 Å². The summed E-state index contributed by atoms with van der Waals surface area (Å²) in [5, 5.41) is 11.7. The van der Waals surface area contributed by atoms with Crippen LogP contribution in [0, 0.1) is 0 Å². The van der Waals surface area contributed by atoms with E-state index in [0.717, 1.165) is 11.0 Å². The Kier molecular flexibility index (Phi) is 4.79. The number of esters is 1. The van der Waals surface area contributed by atoms with Crippen molar-refractivity contribution in [3.8, 4) is 0 Å². The molecule has 1 aliphatic rings. The molecule has 7 nitrogen and oxygen atoms in total. The largest absolute Gasteiger partial charge is 0.465 e. The molecular formula is C14H13ClN2O5. The second kappa shape index (κ2) is 6.59. The number of nitrogens with one attached hydrogen (secondary N) is 1. The highest BCUT2D eigenvalue weighted by Crippen LogP contribution is 2.27. The van der Waals surface area contributed by atoms with Gasteiger partial charge in [0.05, 0.1) is 31.0 Å². The van der Waals surface area contributed by atoms with Crippen LogP contribution in [0.4, 0.5) is 5.69 Å². The van der Waals surface area contributed by atoms with Crippen LogP contribution in [0.1, 0.15) is 10.4 Å². The van der Waals surface area contributed by atoms with Gasteiger partial charge in [-0.25, -0.2) is 4.79 Å². The zero-order chi connectivity index (χ0) is 16.3. The maximum atomic E-state index is 12.1. The second-order valence-electron chi connectivity index (χ2n) is 4.36. The van der Waals surface area contributed by atoms with Gasteiger partial charge in [-0.2, -0.15) is 0 Å². The fourth-order valence-electron chi connectivity index (χ4n) is 1.99. The van der Waals surface area contributed by atoms with Crippen LogP contribution >= 0.6 is 11.6 Å². The molecule has 8 heteroatoms. The van der Waals surface area contributed by atoms with E-state index in [0.29, 0.717) is 0 Å². The molecule has 22 heavy (non-hydrogen) atoms. The predicted molar refractivity (Wildman–Crippen MR) is 78.3 cm³/mol. The van der Waals surface area contributed by atoms with Gasteiger partial charge in [-0.15, -0.1) is 0 Å². The summed E-state index contributed by atoms with van der Waals surface area (Å²) in [5.74, 6) is -1.80. The average Bonchev–Trinajstić information content (AvgIpc) is 2.75. The van der Waals surface area contributed by atoms with Gasteiger partial charge in [-0.3, -0.25) is 14.5 Å². The fourth-order valence-corrected chi connectivity index (χ4v) is 2.24. The van der Waals surface area contributed by atoms with Gasteiger partial charge in [0.2, 0.25) is 0 Å². The number of rotatable bonds is 5. The monoisotopic (exact) mass is 324 g/mol. The van der Waals surface area contributed by atoms with Crippen LogP contribution in [0.5, 0.6) is 0 Å². The van der Waals surface area contributed by atoms with E-state index < -0.39 is 17.8 Å². The molecule has 0 aliphatic carbocycles. The minimum atomic E-state index is -0.669. The maximum absolute atomic E-state index is 12.1. The molecule has 0 spiro atoms. The van der Waals surface area contributed by atoms with Crippen LogP contribution < -0.4 is 5.32 Å². The minimum absolute atomic E-state index is 0.00845. The number of halogens is 1. The van der Waals surface area contributed by atoms with Crippen LogP contribution in [0.3, 0.4) is 0 Å². The number of carbonyl (C=O) groups is 3. The lowest BCUT2D eigenvalue weighted by molar-refractivity contribution is -0.137. The molecule has 1 aromatic rings. The highest BCUT2D eigenvalue weighted by atomic mass is 35.5. The van der Waals surface area contributed by atoms with Crippen LogP contribution in [0.25, 0.3) is 0 Å². The number of aliphatic hydroxyl groups is 1. The summed E-state index contributed by atoms with van der Waals surface area (Å²) in [4.78, 5) is 36.4. The van der Waals surface area contributed by atoms with Gasteiger partial charge >= 0.3 is 5.97 Å². The molecule has 1 aliphatic heterocycles. The van der Waals surface area contributed by atoms with E-state index >= 15 is 0 Å². The molecular weight excluding hydrogens is 312 g/mol. The Balaban J connectivity index is 2.31. The molecule has 1 aromatic carbocycles. The lowest BCUT2D eigenvalue weighted by Gasteiger charge is -2.15. The number of anilines is 1. The Labute approximate surface area is 131 Å². The van der Waals surface area contributed by atoms with Crippen molar-refractivity contribution in [3.63, 3.8) is 0 Å². The summed E-state index contributed by atoms with van der Waals surface area (Å²) >= 11 is 5.98. The first-order valence-electron chi connectivity index (χ1n) is 6.31. The Bertz CT molecular complexity index is 671. The van der Waals surface area contributed by atoms with Gasteiger partial charge in [-0.1, -0.05) is 17.7 Å². The van der Waals surface area contributed by atoms with E-state index in [-0.39, 0.29) is 35.1 Å². The summed E-state index contributed by atoms with van der Waals surface area (Å²) in [6.07, 6.45) is 1.10. The summed E-state index contributed by atoms with van der Waals surface area (Å²) in [6, 6.07) is 4.63. The predicted octanol–water partition coefficient (Wildman–Crippen LogP) is 0.783. The molecule has 2 rings (SSSR count). The molecule has 0 saturated carbocycles. The Morgan fingerprint density at radius 1 is 1.41 bits per heavy atom. The standard InChI is InChI=1S/C14H13ClN2O5/c1-22-14(21)12-8(15)3-2-4-9(12)16-10-7-11(19)17(5-6-18)13(10)20/h2-4,7,16,18H,5-6H2,1H3. The number of nitrogens with zero attached hydrogens (tertiary/aromatic N) is 1. The Morgan fingerprint density at radius 2 is 2.14 bits per heavy atom. The van der Waals surface area contributed by atoms with Crippen LogP contribution in [0.15, 0.2) is 30.0 Å². The zero-order valence-corrected chi connectivity index (χ0v) is 12.4. The molecule has 0 saturated heterocycles. The number of hydrogen-bond acceptors (Lipinski definition) is 6. The number of ether oxygens (including phenoxy) is 1. The molecule has 2 amide bonds. The Hall–Kier alpha value is -2.38. The third-order valence-electron chi connectivity index (χ3n) is 3.01. The van der Waals surface area contributed by atoms with Crippen LogP contribution in [-0.2, 0) is 14.3 Å². The first-order chi connectivity index (χ1) is 10.5. The third-order valence-corrected chi connectivity index (χ3v) is 3.32. The fraction of sp³-hybridized carbons (Fsp3) is 0.214. The lowest BCUT2D eigenvalue weighted by atomic mass is 10.1. The van der Waals surface area contributed by atoms with E-state index in [1.807, 2.05) is 0 Å². The number of imide groups is 1. The minimum Gasteiger partial charge on any atom is -0.465 e. The van der Waals surface area contributed by atoms with Gasteiger partial charge in [0, 0.05) is 6.08 Å². The molecule has 116 valence electrons. The molecule has 0 atom stereocenters. The SMILES string of the molecule is COC(=O)c1c(Cl)cccc1NC1=CC(=O)N(CCO)C1=O. The topological polar surface area (TPSA) is 95.9 Å². The van der Waals surface area contributed by atoms with Gasteiger partial charge in [0.25, 0.3) is 11.8 Å². The number of amides is 2. The molecule has 0 bridgehead atoms. The number of hydrogen-bond donors (Lipinski definition) is 2. The number of benzene rings is 1. The molecule has 0 radical (unpaired) electrons. The van der Waals surface area contributed by atoms with Crippen molar-refractivity contribution in [2.24, 2.45) is 0 Å². The van der Waals surface area contributed by atoms with E-state index in [1.54, 1.807) is 6.07 Å². The van der Waals surface area contributed by atoms with Crippen LogP contribution in [-0.4, -0.2) is 48.1 Å². The lowest BCUT2D eigenvalue weighted by Crippen LogP contribution is -2.34. The summed E-state index contributed by atoms with van der Waals surface area (Å²) < 4.78 is 4.65. The molecule has 1 heterocycles. The van der Waals surface area contributed by atoms with Crippen LogP contribution in [0.2, 0.25) is 5.02 Å². The summed E-state index contributed by atoms with van der Waals surface area (Å²) in [6.45, 7) is -0.429. The van der Waals surface area contributed by atoms with Crippen molar-refractivity contribution in [1.29, 1.82) is 0 Å². The summed E-state index contributed by atoms with van der Waals surface area (Å²) in [7, 11) is 1.21. The number of carbonyl (C=O) groups excluding carboxylic acids is 3. The number of aliphatic hydroxyl groups excluding tert-OH is 1. The molecule has 2 N–H and O–H groups in total. The van der Waals surface area contributed by atoms with Gasteiger partial charge in [0.15, 0.2) is 0 Å². The Morgan fingerprint density at radius 3 is 2.77 bits per heavy atom. The van der Waals surface area contributed by atoms with Crippen molar-refractivity contribution in [1.82, 2.24) is 4.90 Å². The number of β-amino-alcohol motifs (C(OH)–C–C–N with tert-alkyl or cyclic N) is 1. The second-order valence-corrected chi connectivity index (χ2v) is 4.76. The van der Waals surface area contributed by atoms with Crippen molar-refractivity contribution in [3.05, 3.63) is 40.6 Å². The van der Waals surface area contributed by atoms with Crippen molar-refractivity contribution in [2.75, 3.05) is 25.6 Å². The van der Waals surface area contributed by atoms with Gasteiger partial charge < -0.3 is 15.2 Å². The zero-order valence-electron chi connectivity index (χ0n) is 11.6. The summed E-state index contributed by atoms with van der Waals surface area (Å²) in [5.41, 5.74) is 0.303. The smallest absolute Gasteiger partial charge is 0.341 e. The quantitative estimate of drug-likeness (QED) is 0.614. The molecule has 0 fully saturated rings. The maximum Gasteiger partial charge on any atom is 0.341 e. The molecule has 0 aromatic heterocycles. The normalized spacial score (nSPS) is 14.1. The first-order valence-corrected chi connectivity index (χ1v) is 6.69. The van der Waals surface area contributed by atoms with E-state index in [2.05, 4.69) is 10.1 Å². The molecule has 0 unspecified atom stereocenters. The van der Waals surface area contributed by atoms with E-state index in [1.165, 1.54) is 19.2 Å². The van der Waals surface area contributed by atoms with Crippen molar-refractivity contribution >= 4 is 35.1 Å². The number of methoxy groups -OCH3 is 1. The van der Waals surface area contributed by atoms with E-state index in [9.17, 15) is 14.4 Å². The third kappa shape index (κ3) is 2.95. The van der Waals surface area contributed by atoms with Gasteiger partial charge in [-0.05, 0) is 12.1 Å². The highest BCUT2D eigenvalue weighted by molar-refractivity contribution is 6.34.